The Kier molecular flexibility index (Phi) is 11.0. The van der Waals surface area contributed by atoms with Crippen LogP contribution in [0.1, 0.15) is 51.0 Å². The highest BCUT2D eigenvalue weighted by atomic mass is 35.5. The molecule has 208 valence electrons. The van der Waals surface area contributed by atoms with Gasteiger partial charge in [0.2, 0.25) is 21.8 Å². The van der Waals surface area contributed by atoms with Crippen LogP contribution in [-0.2, 0) is 26.2 Å². The maximum Gasteiger partial charge on any atom is 0.244 e. The third-order valence-corrected chi connectivity index (χ3v) is 9.16. The fourth-order valence-electron chi connectivity index (χ4n) is 4.55. The minimum atomic E-state index is -3.89. The fourth-order valence-corrected chi connectivity index (χ4v) is 6.01. The molecule has 2 amide bonds. The molecule has 1 unspecified atom stereocenters. The lowest BCUT2D eigenvalue weighted by Gasteiger charge is -2.34. The monoisotopic (exact) mass is 621 g/mol. The van der Waals surface area contributed by atoms with E-state index in [1.807, 2.05) is 6.92 Å². The number of carbonyl (C=O) groups excluding carboxylic acids is 2. The van der Waals surface area contributed by atoms with Gasteiger partial charge in [-0.2, -0.15) is 0 Å². The molecule has 2 aromatic carbocycles. The molecule has 0 radical (unpaired) electrons. The smallest absolute Gasteiger partial charge is 0.244 e. The van der Waals surface area contributed by atoms with Crippen molar-refractivity contribution in [2.24, 2.45) is 0 Å². The summed E-state index contributed by atoms with van der Waals surface area (Å²) in [6.07, 6.45) is 6.34. The minimum Gasteiger partial charge on any atom is -0.352 e. The maximum absolute atomic E-state index is 13.8. The van der Waals surface area contributed by atoms with E-state index in [1.165, 1.54) is 23.1 Å². The molecule has 1 aliphatic carbocycles. The number of hydrogen-bond acceptors (Lipinski definition) is 4. The summed E-state index contributed by atoms with van der Waals surface area (Å²) in [7, 11) is -3.89. The molecule has 0 saturated heterocycles. The zero-order valence-electron chi connectivity index (χ0n) is 21.2. The predicted molar refractivity (Wildman–Crippen MR) is 155 cm³/mol. The van der Waals surface area contributed by atoms with Crippen molar-refractivity contribution in [2.45, 2.75) is 64.1 Å². The van der Waals surface area contributed by atoms with Crippen molar-refractivity contribution in [1.29, 1.82) is 0 Å². The molecule has 1 atom stereocenters. The second kappa shape index (κ2) is 13.6. The van der Waals surface area contributed by atoms with Crippen LogP contribution in [0.3, 0.4) is 0 Å². The van der Waals surface area contributed by atoms with Crippen molar-refractivity contribution in [3.8, 4) is 0 Å². The molecule has 0 heterocycles. The van der Waals surface area contributed by atoms with E-state index >= 15 is 0 Å². The standard InChI is InChI=1S/C26H31Cl4N3O4S/c1-3-24(26(35)31-18-7-5-4-6-8-18)32(15-17-9-11-20(27)22(29)13-17)25(34)16-33(38(2,36)37)19-10-12-21(28)23(30)14-19/h9-14,18,24H,3-8,15-16H2,1-2H3,(H,31,35). The summed E-state index contributed by atoms with van der Waals surface area (Å²) in [5.41, 5.74) is 0.835. The topological polar surface area (TPSA) is 86.8 Å². The van der Waals surface area contributed by atoms with Crippen molar-refractivity contribution >= 4 is 73.9 Å². The highest BCUT2D eigenvalue weighted by molar-refractivity contribution is 7.92. The largest absolute Gasteiger partial charge is 0.352 e. The van der Waals surface area contributed by atoms with Gasteiger partial charge in [0.1, 0.15) is 12.6 Å². The van der Waals surface area contributed by atoms with Crippen molar-refractivity contribution < 1.29 is 18.0 Å². The van der Waals surface area contributed by atoms with Gasteiger partial charge in [0.15, 0.2) is 0 Å². The Bertz CT molecular complexity index is 1270. The van der Waals surface area contributed by atoms with Gasteiger partial charge in [-0.25, -0.2) is 8.42 Å². The highest BCUT2D eigenvalue weighted by Gasteiger charge is 2.33. The number of anilines is 1. The first-order valence-electron chi connectivity index (χ1n) is 12.4. The Morgan fingerprint density at radius 1 is 0.947 bits per heavy atom. The molecular formula is C26H31Cl4N3O4S. The molecule has 0 bridgehead atoms. The lowest BCUT2D eigenvalue weighted by Crippen LogP contribution is -2.53. The molecule has 0 spiro atoms. The molecule has 38 heavy (non-hydrogen) atoms. The van der Waals surface area contributed by atoms with Gasteiger partial charge in [-0.1, -0.05) is 78.7 Å². The van der Waals surface area contributed by atoms with Crippen LogP contribution in [0.5, 0.6) is 0 Å². The van der Waals surface area contributed by atoms with Crippen molar-refractivity contribution in [2.75, 3.05) is 17.1 Å². The second-order valence-corrected chi connectivity index (χ2v) is 12.9. The van der Waals surface area contributed by atoms with Crippen LogP contribution in [-0.4, -0.2) is 50.0 Å². The quantitative estimate of drug-likeness (QED) is 0.336. The van der Waals surface area contributed by atoms with Gasteiger partial charge in [-0.15, -0.1) is 0 Å². The molecule has 7 nitrogen and oxygen atoms in total. The third-order valence-electron chi connectivity index (χ3n) is 6.54. The Hall–Kier alpha value is -1.71. The van der Waals surface area contributed by atoms with E-state index in [4.69, 9.17) is 46.4 Å². The average molecular weight is 623 g/mol. The molecule has 0 aromatic heterocycles. The van der Waals surface area contributed by atoms with Crippen molar-refractivity contribution in [3.05, 3.63) is 62.1 Å². The summed E-state index contributed by atoms with van der Waals surface area (Å²) in [5, 5.41) is 4.17. The molecule has 12 heteroatoms. The first-order chi connectivity index (χ1) is 17.9. The van der Waals surface area contributed by atoms with Crippen LogP contribution in [0.2, 0.25) is 20.1 Å². The summed E-state index contributed by atoms with van der Waals surface area (Å²) in [4.78, 5) is 28.6. The number of carbonyl (C=O) groups is 2. The number of nitrogens with one attached hydrogen (secondary N) is 1. The highest BCUT2D eigenvalue weighted by Crippen LogP contribution is 2.29. The molecule has 1 N–H and O–H groups in total. The summed E-state index contributed by atoms with van der Waals surface area (Å²) in [6.45, 7) is 1.31. The third kappa shape index (κ3) is 8.15. The van der Waals surface area contributed by atoms with Gasteiger partial charge in [0.05, 0.1) is 32.0 Å². The molecule has 1 saturated carbocycles. The molecule has 1 fully saturated rings. The predicted octanol–water partition coefficient (Wildman–Crippen LogP) is 6.32. The molecule has 2 aromatic rings. The van der Waals surface area contributed by atoms with Crippen LogP contribution >= 0.6 is 46.4 Å². The van der Waals surface area contributed by atoms with Crippen molar-refractivity contribution in [1.82, 2.24) is 10.2 Å². The average Bonchev–Trinajstić information content (AvgIpc) is 2.86. The van der Waals surface area contributed by atoms with E-state index in [0.29, 0.717) is 22.0 Å². The van der Waals surface area contributed by atoms with Crippen LogP contribution in [0.15, 0.2) is 36.4 Å². The molecular weight excluding hydrogens is 592 g/mol. The number of halogens is 4. The van der Waals surface area contributed by atoms with Gasteiger partial charge >= 0.3 is 0 Å². The Morgan fingerprint density at radius 3 is 2.11 bits per heavy atom. The van der Waals surface area contributed by atoms with E-state index in [2.05, 4.69) is 5.32 Å². The SMILES string of the molecule is CCC(C(=O)NC1CCCCC1)N(Cc1ccc(Cl)c(Cl)c1)C(=O)CN(c1ccc(Cl)c(Cl)c1)S(C)(=O)=O. The summed E-state index contributed by atoms with van der Waals surface area (Å²) in [6, 6.07) is 8.50. The van der Waals surface area contributed by atoms with Gasteiger partial charge in [0.25, 0.3) is 0 Å². The van der Waals surface area contributed by atoms with Crippen LogP contribution in [0.25, 0.3) is 0 Å². The normalized spacial score (nSPS) is 15.1. The van der Waals surface area contributed by atoms with Gasteiger partial charge in [0, 0.05) is 12.6 Å². The second-order valence-electron chi connectivity index (χ2n) is 9.41. The lowest BCUT2D eigenvalue weighted by atomic mass is 9.95. The summed E-state index contributed by atoms with van der Waals surface area (Å²) >= 11 is 24.4. The first kappa shape index (κ1) is 30.8. The van der Waals surface area contributed by atoms with Gasteiger partial charge < -0.3 is 10.2 Å². The van der Waals surface area contributed by atoms with Crippen LogP contribution in [0, 0.1) is 0 Å². The minimum absolute atomic E-state index is 0.0330. The number of benzene rings is 2. The number of hydrogen-bond donors (Lipinski definition) is 1. The lowest BCUT2D eigenvalue weighted by molar-refractivity contribution is -0.140. The summed E-state index contributed by atoms with van der Waals surface area (Å²) < 4.78 is 26.4. The maximum atomic E-state index is 13.8. The van der Waals surface area contributed by atoms with Crippen LogP contribution < -0.4 is 9.62 Å². The number of rotatable bonds is 10. The number of nitrogens with zero attached hydrogens (tertiary/aromatic N) is 2. The Labute approximate surface area is 244 Å². The molecule has 1 aliphatic rings. The van der Waals surface area contributed by atoms with Gasteiger partial charge in [-0.3, -0.25) is 13.9 Å². The van der Waals surface area contributed by atoms with E-state index in [1.54, 1.807) is 18.2 Å². The van der Waals surface area contributed by atoms with E-state index in [-0.39, 0.29) is 34.2 Å². The fraction of sp³-hybridized carbons (Fsp3) is 0.462. The summed E-state index contributed by atoms with van der Waals surface area (Å²) in [5.74, 6) is -0.827. The Balaban J connectivity index is 1.94. The molecule has 0 aliphatic heterocycles. The van der Waals surface area contributed by atoms with Gasteiger partial charge in [-0.05, 0) is 55.2 Å². The zero-order valence-corrected chi connectivity index (χ0v) is 25.1. The number of sulfonamides is 1. The zero-order chi connectivity index (χ0) is 28.0. The van der Waals surface area contributed by atoms with E-state index in [9.17, 15) is 18.0 Å². The van der Waals surface area contributed by atoms with E-state index < -0.39 is 28.5 Å². The molecule has 3 rings (SSSR count). The van der Waals surface area contributed by atoms with E-state index in [0.717, 1.165) is 42.7 Å². The Morgan fingerprint density at radius 2 is 1.55 bits per heavy atom. The first-order valence-corrected chi connectivity index (χ1v) is 15.7. The number of amides is 2. The van der Waals surface area contributed by atoms with Crippen molar-refractivity contribution in [3.63, 3.8) is 0 Å². The van der Waals surface area contributed by atoms with Crippen LogP contribution in [0.4, 0.5) is 5.69 Å².